The number of nitrogens with zero attached hydrogens (tertiary/aromatic N) is 1. The molecule has 0 aliphatic carbocycles. The molecule has 4 heteroatoms. The number of H-pyrrole nitrogens is 1. The first-order valence-corrected chi connectivity index (χ1v) is 4.88. The lowest BCUT2D eigenvalue weighted by atomic mass is 10.2. The van der Waals surface area contributed by atoms with Gasteiger partial charge < -0.3 is 9.72 Å². The smallest absolute Gasteiger partial charge is 0.248 e. The molecule has 0 fully saturated rings. The average Bonchev–Trinajstić information content (AvgIpc) is 2.29. The second kappa shape index (κ2) is 4.07. The lowest BCUT2D eigenvalue weighted by Crippen LogP contribution is -2.08. The predicted octanol–water partition coefficient (Wildman–Crippen LogP) is 1.82. The number of aromatic nitrogens is 1. The second-order valence-corrected chi connectivity index (χ2v) is 3.46. The molecular weight excluding hydrogens is 204 g/mol. The van der Waals surface area contributed by atoms with Gasteiger partial charge in [0.05, 0.1) is 0 Å². The molecule has 1 aromatic heterocycles. The van der Waals surface area contributed by atoms with E-state index >= 15 is 0 Å². The van der Waals surface area contributed by atoms with Gasteiger partial charge in [0.2, 0.25) is 5.56 Å². The standard InChI is InChI=1S/C12H10N2O2/c1-8(7-13)16-10-3-4-11-9(6-10)2-5-12(15)14-11/h2-6,8H,1H3,(H,14,15). The summed E-state index contributed by atoms with van der Waals surface area (Å²) in [4.78, 5) is 13.8. The van der Waals surface area contributed by atoms with E-state index in [-0.39, 0.29) is 5.56 Å². The lowest BCUT2D eigenvalue weighted by molar-refractivity contribution is 0.277. The molecule has 0 radical (unpaired) electrons. The van der Waals surface area contributed by atoms with E-state index in [4.69, 9.17) is 10.00 Å². The first kappa shape index (κ1) is 10.2. The van der Waals surface area contributed by atoms with E-state index in [1.54, 1.807) is 31.2 Å². The van der Waals surface area contributed by atoms with Crippen LogP contribution in [0.15, 0.2) is 35.1 Å². The Morgan fingerprint density at radius 2 is 2.19 bits per heavy atom. The van der Waals surface area contributed by atoms with Gasteiger partial charge in [-0.1, -0.05) is 0 Å². The Kier molecular flexibility index (Phi) is 2.61. The molecule has 2 rings (SSSR count). The highest BCUT2D eigenvalue weighted by atomic mass is 16.5. The number of fused-ring (bicyclic) bond motifs is 1. The van der Waals surface area contributed by atoms with E-state index < -0.39 is 6.10 Å². The van der Waals surface area contributed by atoms with Gasteiger partial charge in [0.25, 0.3) is 0 Å². The number of aromatic amines is 1. The minimum atomic E-state index is -0.486. The summed E-state index contributed by atoms with van der Waals surface area (Å²) in [5, 5.41) is 9.50. The third-order valence-electron chi connectivity index (χ3n) is 2.19. The van der Waals surface area contributed by atoms with Crippen LogP contribution in [0.3, 0.4) is 0 Å². The molecule has 2 aromatic rings. The zero-order chi connectivity index (χ0) is 11.5. The lowest BCUT2D eigenvalue weighted by Gasteiger charge is -2.08. The van der Waals surface area contributed by atoms with Crippen molar-refractivity contribution in [1.82, 2.24) is 4.98 Å². The van der Waals surface area contributed by atoms with Crippen LogP contribution in [0.5, 0.6) is 5.75 Å². The van der Waals surface area contributed by atoms with Gasteiger partial charge in [0, 0.05) is 17.0 Å². The van der Waals surface area contributed by atoms with Gasteiger partial charge >= 0.3 is 0 Å². The first-order chi connectivity index (χ1) is 7.69. The second-order valence-electron chi connectivity index (χ2n) is 3.46. The molecule has 0 aliphatic heterocycles. The predicted molar refractivity (Wildman–Crippen MR) is 60.3 cm³/mol. The Morgan fingerprint density at radius 1 is 1.38 bits per heavy atom. The minimum Gasteiger partial charge on any atom is -0.476 e. The third kappa shape index (κ3) is 2.04. The highest BCUT2D eigenvalue weighted by Gasteiger charge is 2.02. The van der Waals surface area contributed by atoms with Gasteiger partial charge in [-0.05, 0) is 31.2 Å². The zero-order valence-electron chi connectivity index (χ0n) is 8.73. The maximum atomic E-state index is 11.1. The van der Waals surface area contributed by atoms with E-state index in [1.165, 1.54) is 6.07 Å². The van der Waals surface area contributed by atoms with E-state index in [1.807, 2.05) is 6.07 Å². The summed E-state index contributed by atoms with van der Waals surface area (Å²) >= 11 is 0. The Hall–Kier alpha value is -2.28. The van der Waals surface area contributed by atoms with Crippen LogP contribution in [0, 0.1) is 11.3 Å². The number of benzene rings is 1. The molecule has 0 amide bonds. The monoisotopic (exact) mass is 214 g/mol. The number of ether oxygens (including phenoxy) is 1. The Morgan fingerprint density at radius 3 is 2.94 bits per heavy atom. The first-order valence-electron chi connectivity index (χ1n) is 4.88. The molecule has 1 heterocycles. The van der Waals surface area contributed by atoms with E-state index in [0.29, 0.717) is 5.75 Å². The maximum absolute atomic E-state index is 11.1. The van der Waals surface area contributed by atoms with Crippen LogP contribution in [0.25, 0.3) is 10.9 Å². The molecule has 0 saturated heterocycles. The average molecular weight is 214 g/mol. The molecule has 1 aromatic carbocycles. The number of rotatable bonds is 2. The number of hydrogen-bond acceptors (Lipinski definition) is 3. The summed E-state index contributed by atoms with van der Waals surface area (Å²) < 4.78 is 5.35. The van der Waals surface area contributed by atoms with Crippen molar-refractivity contribution >= 4 is 10.9 Å². The van der Waals surface area contributed by atoms with Crippen molar-refractivity contribution in [2.45, 2.75) is 13.0 Å². The number of hydrogen-bond donors (Lipinski definition) is 1. The van der Waals surface area contributed by atoms with Crippen molar-refractivity contribution in [3.8, 4) is 11.8 Å². The van der Waals surface area contributed by atoms with Crippen LogP contribution in [-0.4, -0.2) is 11.1 Å². The largest absolute Gasteiger partial charge is 0.476 e. The SMILES string of the molecule is CC(C#N)Oc1ccc2[nH]c(=O)ccc2c1. The van der Waals surface area contributed by atoms with Gasteiger partial charge in [0.1, 0.15) is 11.8 Å². The molecule has 16 heavy (non-hydrogen) atoms. The summed E-state index contributed by atoms with van der Waals surface area (Å²) in [5.74, 6) is 0.619. The van der Waals surface area contributed by atoms with Gasteiger partial charge in [0.15, 0.2) is 6.10 Å². The van der Waals surface area contributed by atoms with Crippen LogP contribution in [0.4, 0.5) is 0 Å². The third-order valence-corrected chi connectivity index (χ3v) is 2.19. The Balaban J connectivity index is 2.41. The van der Waals surface area contributed by atoms with E-state index in [9.17, 15) is 4.79 Å². The van der Waals surface area contributed by atoms with Crippen LogP contribution in [0.2, 0.25) is 0 Å². The van der Waals surface area contributed by atoms with Crippen molar-refractivity contribution in [1.29, 1.82) is 5.26 Å². The quantitative estimate of drug-likeness (QED) is 0.829. The van der Waals surface area contributed by atoms with E-state index in [0.717, 1.165) is 10.9 Å². The Bertz CT molecular complexity index is 610. The molecule has 0 aliphatic rings. The van der Waals surface area contributed by atoms with Crippen molar-refractivity contribution in [3.63, 3.8) is 0 Å². The number of nitriles is 1. The van der Waals surface area contributed by atoms with Gasteiger partial charge in [-0.25, -0.2) is 0 Å². The fraction of sp³-hybridized carbons (Fsp3) is 0.167. The Labute approximate surface area is 92.1 Å². The summed E-state index contributed by atoms with van der Waals surface area (Å²) in [5.41, 5.74) is 0.621. The number of nitrogens with one attached hydrogen (secondary N) is 1. The molecule has 1 atom stereocenters. The van der Waals surface area contributed by atoms with Gasteiger partial charge in [-0.2, -0.15) is 5.26 Å². The molecular formula is C12H10N2O2. The molecule has 1 unspecified atom stereocenters. The van der Waals surface area contributed by atoms with Crippen molar-refractivity contribution in [2.24, 2.45) is 0 Å². The topological polar surface area (TPSA) is 65.9 Å². The summed E-state index contributed by atoms with van der Waals surface area (Å²) in [6, 6.07) is 10.4. The molecule has 1 N–H and O–H groups in total. The van der Waals surface area contributed by atoms with Gasteiger partial charge in [-0.3, -0.25) is 4.79 Å². The highest BCUT2D eigenvalue weighted by molar-refractivity contribution is 5.79. The van der Waals surface area contributed by atoms with Gasteiger partial charge in [-0.15, -0.1) is 0 Å². The molecule has 4 nitrogen and oxygen atoms in total. The summed E-state index contributed by atoms with van der Waals surface area (Å²) in [6.07, 6.45) is -0.486. The molecule has 0 spiro atoms. The fourth-order valence-corrected chi connectivity index (χ4v) is 1.44. The van der Waals surface area contributed by atoms with Crippen LogP contribution in [0.1, 0.15) is 6.92 Å². The number of pyridine rings is 1. The maximum Gasteiger partial charge on any atom is 0.248 e. The normalized spacial score (nSPS) is 12.0. The van der Waals surface area contributed by atoms with Crippen LogP contribution >= 0.6 is 0 Å². The highest BCUT2D eigenvalue weighted by Crippen LogP contribution is 2.18. The van der Waals surface area contributed by atoms with Crippen molar-refractivity contribution < 1.29 is 4.74 Å². The molecule has 0 saturated carbocycles. The molecule has 0 bridgehead atoms. The summed E-state index contributed by atoms with van der Waals surface area (Å²) in [7, 11) is 0. The summed E-state index contributed by atoms with van der Waals surface area (Å²) in [6.45, 7) is 1.68. The minimum absolute atomic E-state index is 0.133. The van der Waals surface area contributed by atoms with Crippen LogP contribution < -0.4 is 10.3 Å². The van der Waals surface area contributed by atoms with Crippen molar-refractivity contribution in [2.75, 3.05) is 0 Å². The zero-order valence-corrected chi connectivity index (χ0v) is 8.73. The fourth-order valence-electron chi connectivity index (χ4n) is 1.44. The van der Waals surface area contributed by atoms with E-state index in [2.05, 4.69) is 4.98 Å². The van der Waals surface area contributed by atoms with Crippen LogP contribution in [-0.2, 0) is 0 Å². The van der Waals surface area contributed by atoms with Crippen molar-refractivity contribution in [3.05, 3.63) is 40.7 Å². The molecule has 80 valence electrons.